The van der Waals surface area contributed by atoms with Crippen LogP contribution in [0, 0.1) is 0 Å². The number of carbonyl (C=O) groups is 1. The Hall–Kier alpha value is -0.320. The van der Waals surface area contributed by atoms with Crippen molar-refractivity contribution in [2.24, 2.45) is 0 Å². The van der Waals surface area contributed by atoms with Gasteiger partial charge in [0.15, 0.2) is 0 Å². The zero-order valence-electron chi connectivity index (χ0n) is 11.1. The molecule has 0 aromatic carbocycles. The predicted octanol–water partition coefficient (Wildman–Crippen LogP) is 1.43. The van der Waals surface area contributed by atoms with Gasteiger partial charge >= 0.3 is 0 Å². The summed E-state index contributed by atoms with van der Waals surface area (Å²) < 4.78 is 5.39. The maximum atomic E-state index is 11.8. The number of ether oxygens (including phenoxy) is 1. The van der Waals surface area contributed by atoms with E-state index in [4.69, 9.17) is 4.74 Å². The molecule has 1 aliphatic rings. The highest BCUT2D eigenvalue weighted by molar-refractivity contribution is 5.85. The molecule has 17 heavy (non-hydrogen) atoms. The first-order valence-electron chi connectivity index (χ1n) is 6.20. The molecule has 1 aliphatic heterocycles. The minimum absolute atomic E-state index is 0. The first kappa shape index (κ1) is 16.7. The van der Waals surface area contributed by atoms with Gasteiger partial charge in [0.1, 0.15) is 0 Å². The smallest absolute Gasteiger partial charge is 0.224 e. The van der Waals surface area contributed by atoms with Crippen LogP contribution < -0.4 is 5.32 Å². The summed E-state index contributed by atoms with van der Waals surface area (Å²) in [7, 11) is 1.98. The molecule has 1 fully saturated rings. The van der Waals surface area contributed by atoms with E-state index in [1.54, 1.807) is 0 Å². The lowest BCUT2D eigenvalue weighted by Gasteiger charge is -2.31. The van der Waals surface area contributed by atoms with Gasteiger partial charge in [-0.05, 0) is 33.7 Å². The lowest BCUT2D eigenvalue weighted by atomic mass is 10.1. The Morgan fingerprint density at radius 3 is 2.47 bits per heavy atom. The molecule has 1 heterocycles. The number of nitrogens with zero attached hydrogens (tertiary/aromatic N) is 1. The zero-order chi connectivity index (χ0) is 12.0. The highest BCUT2D eigenvalue weighted by Crippen LogP contribution is 2.11. The van der Waals surface area contributed by atoms with Crippen molar-refractivity contribution in [3.8, 4) is 0 Å². The van der Waals surface area contributed by atoms with Gasteiger partial charge in [0.2, 0.25) is 5.91 Å². The highest BCUT2D eigenvalue weighted by atomic mass is 35.5. The molecule has 1 saturated heterocycles. The van der Waals surface area contributed by atoms with E-state index in [0.29, 0.717) is 19.1 Å². The van der Waals surface area contributed by atoms with E-state index in [2.05, 4.69) is 5.32 Å². The van der Waals surface area contributed by atoms with E-state index in [-0.39, 0.29) is 24.4 Å². The maximum Gasteiger partial charge on any atom is 0.224 e. The van der Waals surface area contributed by atoms with Crippen LogP contribution in [0.4, 0.5) is 0 Å². The molecule has 0 aromatic heterocycles. The van der Waals surface area contributed by atoms with Crippen molar-refractivity contribution in [2.75, 3.05) is 26.7 Å². The summed E-state index contributed by atoms with van der Waals surface area (Å²) in [6.07, 6.45) is 2.85. The molecule has 0 aliphatic carbocycles. The molecule has 5 heteroatoms. The molecule has 102 valence electrons. The van der Waals surface area contributed by atoms with Crippen molar-refractivity contribution >= 4 is 18.3 Å². The van der Waals surface area contributed by atoms with Crippen LogP contribution in [0.2, 0.25) is 0 Å². The molecule has 1 amide bonds. The standard InChI is InChI=1S/C12H24N2O2.ClH/c1-10(2)16-9-6-12(15)14-7-4-11(13-3)5-8-14;/h10-11,13H,4-9H2,1-3H3;1H. The lowest BCUT2D eigenvalue weighted by Crippen LogP contribution is -2.44. The fourth-order valence-electron chi connectivity index (χ4n) is 1.96. The number of piperidine rings is 1. The number of halogens is 1. The average molecular weight is 265 g/mol. The number of hydrogen-bond donors (Lipinski definition) is 1. The average Bonchev–Trinajstić information content (AvgIpc) is 2.28. The number of amides is 1. The van der Waals surface area contributed by atoms with Crippen LogP contribution in [0.5, 0.6) is 0 Å². The van der Waals surface area contributed by atoms with Crippen LogP contribution in [0.25, 0.3) is 0 Å². The first-order valence-corrected chi connectivity index (χ1v) is 6.20. The van der Waals surface area contributed by atoms with Gasteiger partial charge in [0, 0.05) is 19.1 Å². The monoisotopic (exact) mass is 264 g/mol. The second-order valence-corrected chi connectivity index (χ2v) is 4.61. The summed E-state index contributed by atoms with van der Waals surface area (Å²) in [5.41, 5.74) is 0. The number of likely N-dealkylation sites (tertiary alicyclic amines) is 1. The number of hydrogen-bond acceptors (Lipinski definition) is 3. The topological polar surface area (TPSA) is 41.6 Å². The van der Waals surface area contributed by atoms with Crippen LogP contribution in [0.1, 0.15) is 33.1 Å². The van der Waals surface area contributed by atoms with Gasteiger partial charge in [-0.25, -0.2) is 0 Å². The van der Waals surface area contributed by atoms with E-state index < -0.39 is 0 Å². The maximum absolute atomic E-state index is 11.8. The lowest BCUT2D eigenvalue weighted by molar-refractivity contribution is -0.133. The SMILES string of the molecule is CNC1CCN(C(=O)CCOC(C)C)CC1.Cl. The van der Waals surface area contributed by atoms with Gasteiger partial charge in [0.25, 0.3) is 0 Å². The summed E-state index contributed by atoms with van der Waals surface area (Å²) in [4.78, 5) is 13.8. The normalized spacial score (nSPS) is 17.1. The van der Waals surface area contributed by atoms with Crippen LogP contribution in [0.3, 0.4) is 0 Å². The molecule has 0 unspecified atom stereocenters. The molecule has 0 atom stereocenters. The molecule has 0 saturated carbocycles. The Morgan fingerprint density at radius 2 is 2.00 bits per heavy atom. The van der Waals surface area contributed by atoms with Crippen molar-refractivity contribution in [3.05, 3.63) is 0 Å². The van der Waals surface area contributed by atoms with Gasteiger partial charge < -0.3 is 15.0 Å². The minimum Gasteiger partial charge on any atom is -0.378 e. The molecule has 4 nitrogen and oxygen atoms in total. The van der Waals surface area contributed by atoms with Gasteiger partial charge in [-0.1, -0.05) is 0 Å². The molecular formula is C12H25ClN2O2. The van der Waals surface area contributed by atoms with E-state index in [1.807, 2.05) is 25.8 Å². The molecule has 0 radical (unpaired) electrons. The third-order valence-corrected chi connectivity index (χ3v) is 3.02. The molecule has 0 aromatic rings. The Morgan fingerprint density at radius 1 is 1.41 bits per heavy atom. The van der Waals surface area contributed by atoms with Crippen molar-refractivity contribution < 1.29 is 9.53 Å². The summed E-state index contributed by atoms with van der Waals surface area (Å²) >= 11 is 0. The molecule has 1 rings (SSSR count). The quantitative estimate of drug-likeness (QED) is 0.817. The molecule has 0 spiro atoms. The Bertz CT molecular complexity index is 217. The van der Waals surface area contributed by atoms with Crippen LogP contribution in [0.15, 0.2) is 0 Å². The fourth-order valence-corrected chi connectivity index (χ4v) is 1.96. The Balaban J connectivity index is 0.00000256. The molecular weight excluding hydrogens is 240 g/mol. The van der Waals surface area contributed by atoms with E-state index in [1.165, 1.54) is 0 Å². The number of rotatable bonds is 5. The summed E-state index contributed by atoms with van der Waals surface area (Å²) in [6, 6.07) is 0.580. The summed E-state index contributed by atoms with van der Waals surface area (Å²) in [5.74, 6) is 0.232. The molecule has 0 bridgehead atoms. The minimum atomic E-state index is 0. The van der Waals surface area contributed by atoms with Gasteiger partial charge in [0.05, 0.1) is 19.1 Å². The van der Waals surface area contributed by atoms with Crippen molar-refractivity contribution in [1.29, 1.82) is 0 Å². The second-order valence-electron chi connectivity index (χ2n) is 4.61. The van der Waals surface area contributed by atoms with Crippen molar-refractivity contribution in [1.82, 2.24) is 10.2 Å². The summed E-state index contributed by atoms with van der Waals surface area (Å²) in [5, 5.41) is 3.26. The fraction of sp³-hybridized carbons (Fsp3) is 0.917. The second kappa shape index (κ2) is 8.72. The van der Waals surface area contributed by atoms with Crippen molar-refractivity contribution in [2.45, 2.75) is 45.3 Å². The predicted molar refractivity (Wildman–Crippen MR) is 71.6 cm³/mol. The highest BCUT2D eigenvalue weighted by Gasteiger charge is 2.21. The van der Waals surface area contributed by atoms with E-state index in [9.17, 15) is 4.79 Å². The van der Waals surface area contributed by atoms with Crippen molar-refractivity contribution in [3.63, 3.8) is 0 Å². The Kier molecular flexibility index (Phi) is 8.56. The third-order valence-electron chi connectivity index (χ3n) is 3.02. The largest absolute Gasteiger partial charge is 0.378 e. The van der Waals surface area contributed by atoms with E-state index >= 15 is 0 Å². The zero-order valence-corrected chi connectivity index (χ0v) is 11.9. The van der Waals surface area contributed by atoms with Crippen LogP contribution >= 0.6 is 12.4 Å². The summed E-state index contributed by atoms with van der Waals surface area (Å²) in [6.45, 7) is 6.28. The molecule has 1 N–H and O–H groups in total. The Labute approximate surface area is 110 Å². The first-order chi connectivity index (χ1) is 7.63. The van der Waals surface area contributed by atoms with Gasteiger partial charge in [-0.3, -0.25) is 4.79 Å². The van der Waals surface area contributed by atoms with Gasteiger partial charge in [-0.2, -0.15) is 0 Å². The van der Waals surface area contributed by atoms with Crippen LogP contribution in [-0.2, 0) is 9.53 Å². The van der Waals surface area contributed by atoms with Crippen LogP contribution in [-0.4, -0.2) is 49.7 Å². The van der Waals surface area contributed by atoms with Gasteiger partial charge in [-0.15, -0.1) is 12.4 Å². The number of carbonyl (C=O) groups excluding carboxylic acids is 1. The number of nitrogens with one attached hydrogen (secondary N) is 1. The van der Waals surface area contributed by atoms with E-state index in [0.717, 1.165) is 25.9 Å². The third kappa shape index (κ3) is 6.24.